The number of amides is 1. The van der Waals surface area contributed by atoms with Gasteiger partial charge in [-0.1, -0.05) is 12.1 Å². The van der Waals surface area contributed by atoms with E-state index in [1.54, 1.807) is 17.1 Å². The minimum Gasteiger partial charge on any atom is -0.356 e. The Morgan fingerprint density at radius 3 is 3.06 bits per heavy atom. The molecule has 0 spiro atoms. The van der Waals surface area contributed by atoms with Crippen LogP contribution >= 0.6 is 0 Å². The lowest BCUT2D eigenvalue weighted by molar-refractivity contribution is -0.121. The molecule has 0 aliphatic heterocycles. The van der Waals surface area contributed by atoms with Gasteiger partial charge in [-0.2, -0.15) is 0 Å². The molecule has 1 aromatic rings. The zero-order valence-corrected chi connectivity index (χ0v) is 9.59. The first-order chi connectivity index (χ1) is 7.72. The third-order valence-electron chi connectivity index (χ3n) is 2.33. The molecule has 0 radical (unpaired) electrons. The smallest absolute Gasteiger partial charge is 0.221 e. The topological polar surface area (TPSA) is 85.8 Å². The zero-order chi connectivity index (χ0) is 11.8. The number of aryl methyl sites for hydroxylation is 1. The van der Waals surface area contributed by atoms with E-state index in [0.29, 0.717) is 13.0 Å². The van der Waals surface area contributed by atoms with Gasteiger partial charge in [-0.3, -0.25) is 9.48 Å². The quantitative estimate of drug-likeness (QED) is 0.635. The van der Waals surface area contributed by atoms with E-state index in [-0.39, 0.29) is 11.9 Å². The molecule has 1 rings (SSSR count). The highest BCUT2D eigenvalue weighted by Crippen LogP contribution is 1.93. The number of nitrogens with zero attached hydrogens (tertiary/aromatic N) is 3. The van der Waals surface area contributed by atoms with Crippen molar-refractivity contribution in [2.24, 2.45) is 5.73 Å². The lowest BCUT2D eigenvalue weighted by Crippen LogP contribution is -2.32. The van der Waals surface area contributed by atoms with Gasteiger partial charge in [0, 0.05) is 31.7 Å². The van der Waals surface area contributed by atoms with Crippen LogP contribution in [0.2, 0.25) is 0 Å². The van der Waals surface area contributed by atoms with Crippen LogP contribution in [0.1, 0.15) is 26.2 Å². The molecule has 0 aliphatic rings. The van der Waals surface area contributed by atoms with Crippen molar-refractivity contribution in [1.29, 1.82) is 0 Å². The van der Waals surface area contributed by atoms with E-state index >= 15 is 0 Å². The Kier molecular flexibility index (Phi) is 5.49. The van der Waals surface area contributed by atoms with E-state index in [2.05, 4.69) is 15.6 Å². The van der Waals surface area contributed by atoms with E-state index in [1.807, 2.05) is 6.92 Å². The van der Waals surface area contributed by atoms with E-state index in [9.17, 15) is 4.79 Å². The van der Waals surface area contributed by atoms with Gasteiger partial charge >= 0.3 is 0 Å². The first-order valence-corrected chi connectivity index (χ1v) is 5.58. The fraction of sp³-hybridized carbons (Fsp3) is 0.700. The summed E-state index contributed by atoms with van der Waals surface area (Å²) in [4.78, 5) is 11.3. The summed E-state index contributed by atoms with van der Waals surface area (Å²) >= 11 is 0. The maximum absolute atomic E-state index is 11.3. The molecule has 0 saturated heterocycles. The van der Waals surface area contributed by atoms with Crippen LogP contribution in [0.15, 0.2) is 12.4 Å². The van der Waals surface area contributed by atoms with Gasteiger partial charge < -0.3 is 11.1 Å². The Hall–Kier alpha value is -1.43. The maximum atomic E-state index is 11.3. The van der Waals surface area contributed by atoms with E-state index in [0.717, 1.165) is 19.4 Å². The summed E-state index contributed by atoms with van der Waals surface area (Å²) in [7, 11) is 0. The van der Waals surface area contributed by atoms with Gasteiger partial charge in [-0.25, -0.2) is 0 Å². The number of carbonyl (C=O) groups excluding carboxylic acids is 1. The number of hydrogen-bond acceptors (Lipinski definition) is 4. The molecule has 6 heteroatoms. The second-order valence-corrected chi connectivity index (χ2v) is 3.74. The van der Waals surface area contributed by atoms with Crippen molar-refractivity contribution in [3.05, 3.63) is 12.4 Å². The van der Waals surface area contributed by atoms with Gasteiger partial charge in [0.15, 0.2) is 0 Å². The standard InChI is InChI=1S/C10H19N5O/c1-2-9(11)8-10(16)12-4-3-6-15-7-5-13-14-15/h5,7,9H,2-4,6,8,11H2,1H3,(H,12,16). The Balaban J connectivity index is 2.04. The summed E-state index contributed by atoms with van der Waals surface area (Å²) in [6, 6.07) is -0.0321. The Morgan fingerprint density at radius 2 is 2.44 bits per heavy atom. The van der Waals surface area contributed by atoms with Crippen LogP contribution in [0.25, 0.3) is 0 Å². The molecule has 0 saturated carbocycles. The summed E-state index contributed by atoms with van der Waals surface area (Å²) in [5, 5.41) is 10.4. The monoisotopic (exact) mass is 225 g/mol. The second kappa shape index (κ2) is 6.95. The second-order valence-electron chi connectivity index (χ2n) is 3.74. The van der Waals surface area contributed by atoms with Gasteiger partial charge in [0.2, 0.25) is 5.91 Å². The van der Waals surface area contributed by atoms with E-state index in [1.165, 1.54) is 0 Å². The van der Waals surface area contributed by atoms with Crippen LogP contribution in [-0.2, 0) is 11.3 Å². The predicted molar refractivity (Wildman–Crippen MR) is 60.5 cm³/mol. The summed E-state index contributed by atoms with van der Waals surface area (Å²) < 4.78 is 1.74. The van der Waals surface area contributed by atoms with Crippen LogP contribution < -0.4 is 11.1 Å². The van der Waals surface area contributed by atoms with Crippen molar-refractivity contribution in [1.82, 2.24) is 20.3 Å². The third kappa shape index (κ3) is 4.88. The highest BCUT2D eigenvalue weighted by Gasteiger charge is 2.06. The van der Waals surface area contributed by atoms with Crippen LogP contribution in [0.3, 0.4) is 0 Å². The molecule has 0 bridgehead atoms. The van der Waals surface area contributed by atoms with Gasteiger partial charge in [-0.15, -0.1) is 5.10 Å². The summed E-state index contributed by atoms with van der Waals surface area (Å²) in [6.07, 6.45) is 5.51. The Labute approximate surface area is 95.2 Å². The third-order valence-corrected chi connectivity index (χ3v) is 2.33. The molecule has 3 N–H and O–H groups in total. The predicted octanol–water partition coefficient (Wildman–Crippen LogP) is -0.0882. The molecule has 1 unspecified atom stereocenters. The van der Waals surface area contributed by atoms with Crippen LogP contribution in [-0.4, -0.2) is 33.5 Å². The lowest BCUT2D eigenvalue weighted by atomic mass is 10.1. The number of nitrogens with one attached hydrogen (secondary N) is 1. The molecule has 1 heterocycles. The maximum Gasteiger partial charge on any atom is 0.221 e. The summed E-state index contributed by atoms with van der Waals surface area (Å²) in [5.41, 5.74) is 5.67. The van der Waals surface area contributed by atoms with Gasteiger partial charge in [0.25, 0.3) is 0 Å². The molecular weight excluding hydrogens is 206 g/mol. The van der Waals surface area contributed by atoms with Crippen molar-refractivity contribution < 1.29 is 4.79 Å². The molecule has 0 aliphatic carbocycles. The minimum absolute atomic E-state index is 0.0212. The van der Waals surface area contributed by atoms with Gasteiger partial charge in [0.1, 0.15) is 0 Å². The van der Waals surface area contributed by atoms with Gasteiger partial charge in [0.05, 0.1) is 6.20 Å². The lowest BCUT2D eigenvalue weighted by Gasteiger charge is -2.09. The fourth-order valence-electron chi connectivity index (χ4n) is 1.28. The first-order valence-electron chi connectivity index (χ1n) is 5.58. The van der Waals surface area contributed by atoms with Crippen molar-refractivity contribution in [2.45, 2.75) is 38.8 Å². The molecule has 0 fully saturated rings. The molecule has 1 atom stereocenters. The number of rotatable bonds is 7. The molecule has 16 heavy (non-hydrogen) atoms. The van der Waals surface area contributed by atoms with E-state index in [4.69, 9.17) is 5.73 Å². The Bertz CT molecular complexity index is 298. The van der Waals surface area contributed by atoms with Crippen LogP contribution in [0.5, 0.6) is 0 Å². The number of nitrogens with two attached hydrogens (primary N) is 1. The highest BCUT2D eigenvalue weighted by atomic mass is 16.1. The fourth-order valence-corrected chi connectivity index (χ4v) is 1.28. The van der Waals surface area contributed by atoms with Crippen molar-refractivity contribution in [2.75, 3.05) is 6.54 Å². The molecule has 1 amide bonds. The highest BCUT2D eigenvalue weighted by molar-refractivity contribution is 5.76. The summed E-state index contributed by atoms with van der Waals surface area (Å²) in [6.45, 7) is 3.39. The van der Waals surface area contributed by atoms with Crippen LogP contribution in [0, 0.1) is 0 Å². The average Bonchev–Trinajstić information content (AvgIpc) is 2.77. The Morgan fingerprint density at radius 1 is 1.62 bits per heavy atom. The molecular formula is C10H19N5O. The van der Waals surface area contributed by atoms with E-state index < -0.39 is 0 Å². The molecule has 6 nitrogen and oxygen atoms in total. The largest absolute Gasteiger partial charge is 0.356 e. The number of carbonyl (C=O) groups is 1. The first kappa shape index (κ1) is 12.6. The van der Waals surface area contributed by atoms with Crippen molar-refractivity contribution >= 4 is 5.91 Å². The summed E-state index contributed by atoms with van der Waals surface area (Å²) in [5.74, 6) is 0.0212. The van der Waals surface area contributed by atoms with Crippen molar-refractivity contribution in [3.63, 3.8) is 0 Å². The number of aromatic nitrogens is 3. The SMILES string of the molecule is CCC(N)CC(=O)NCCCn1ccnn1. The normalized spacial score (nSPS) is 12.4. The minimum atomic E-state index is -0.0321. The average molecular weight is 225 g/mol. The molecule has 90 valence electrons. The van der Waals surface area contributed by atoms with Gasteiger partial charge in [-0.05, 0) is 12.8 Å². The van der Waals surface area contributed by atoms with Crippen molar-refractivity contribution in [3.8, 4) is 0 Å². The molecule has 1 aromatic heterocycles. The molecule has 0 aromatic carbocycles. The van der Waals surface area contributed by atoms with Crippen LogP contribution in [0.4, 0.5) is 0 Å². The zero-order valence-electron chi connectivity index (χ0n) is 9.59. The number of hydrogen-bond donors (Lipinski definition) is 2.